The van der Waals surface area contributed by atoms with Crippen molar-refractivity contribution in [1.82, 2.24) is 5.32 Å². The van der Waals surface area contributed by atoms with Gasteiger partial charge in [0.15, 0.2) is 0 Å². The average molecular weight is 307 g/mol. The zero-order valence-corrected chi connectivity index (χ0v) is 12.1. The minimum Gasteiger partial charge on any atom is -0.481 e. The molecule has 1 aromatic heterocycles. The van der Waals surface area contributed by atoms with Gasteiger partial charge in [-0.05, 0) is 36.8 Å². The Kier molecular flexibility index (Phi) is 4.70. The molecule has 2 rings (SSSR count). The molecule has 0 radical (unpaired) electrons. The number of rotatable bonds is 5. The summed E-state index contributed by atoms with van der Waals surface area (Å²) in [6, 6.07) is 8.25. The summed E-state index contributed by atoms with van der Waals surface area (Å²) in [7, 11) is 0. The molecule has 21 heavy (non-hydrogen) atoms. The van der Waals surface area contributed by atoms with E-state index in [2.05, 4.69) is 5.32 Å². The zero-order valence-electron chi connectivity index (χ0n) is 11.3. The van der Waals surface area contributed by atoms with Gasteiger partial charge in [-0.3, -0.25) is 9.59 Å². The van der Waals surface area contributed by atoms with Crippen LogP contribution in [-0.2, 0) is 4.79 Å². The lowest BCUT2D eigenvalue weighted by Crippen LogP contribution is -2.29. The zero-order chi connectivity index (χ0) is 15.4. The molecule has 0 saturated carbocycles. The van der Waals surface area contributed by atoms with Gasteiger partial charge in [-0.15, -0.1) is 11.3 Å². The highest BCUT2D eigenvalue weighted by Crippen LogP contribution is 2.20. The number of carboxylic acids is 1. The highest BCUT2D eigenvalue weighted by atomic mass is 32.1. The van der Waals surface area contributed by atoms with Crippen molar-refractivity contribution in [3.8, 4) is 0 Å². The van der Waals surface area contributed by atoms with Gasteiger partial charge in [0.05, 0.1) is 17.3 Å². The Morgan fingerprint density at radius 1 is 1.24 bits per heavy atom. The lowest BCUT2D eigenvalue weighted by atomic mass is 10.0. The normalized spacial score (nSPS) is 11.9. The average Bonchev–Trinajstić information content (AvgIpc) is 2.85. The molecule has 110 valence electrons. The first kappa shape index (κ1) is 15.2. The van der Waals surface area contributed by atoms with Gasteiger partial charge < -0.3 is 10.4 Å². The lowest BCUT2D eigenvalue weighted by molar-refractivity contribution is -0.137. The molecule has 0 fully saturated rings. The highest BCUT2D eigenvalue weighted by Gasteiger charge is 2.19. The number of nitrogens with one attached hydrogen (secondary N) is 1. The number of amides is 1. The van der Waals surface area contributed by atoms with Gasteiger partial charge in [0.25, 0.3) is 5.91 Å². The Morgan fingerprint density at radius 2 is 1.90 bits per heavy atom. The molecule has 1 heterocycles. The number of carbonyl (C=O) groups is 2. The maximum absolute atomic E-state index is 12.9. The molecular formula is C15H14FNO3S. The van der Waals surface area contributed by atoms with Gasteiger partial charge in [0.1, 0.15) is 5.82 Å². The van der Waals surface area contributed by atoms with Crippen molar-refractivity contribution in [1.29, 1.82) is 0 Å². The number of carbonyl (C=O) groups excluding carboxylic acids is 1. The second-order valence-electron chi connectivity index (χ2n) is 4.59. The second kappa shape index (κ2) is 6.49. The van der Waals surface area contributed by atoms with Gasteiger partial charge in [0.2, 0.25) is 0 Å². The van der Waals surface area contributed by atoms with Crippen molar-refractivity contribution in [2.45, 2.75) is 19.4 Å². The summed E-state index contributed by atoms with van der Waals surface area (Å²) in [4.78, 5) is 24.6. The lowest BCUT2D eigenvalue weighted by Gasteiger charge is -2.17. The van der Waals surface area contributed by atoms with E-state index >= 15 is 0 Å². The van der Waals surface area contributed by atoms with Crippen molar-refractivity contribution >= 4 is 23.2 Å². The van der Waals surface area contributed by atoms with Crippen LogP contribution in [0.1, 0.15) is 32.6 Å². The summed E-state index contributed by atoms with van der Waals surface area (Å²) in [6.45, 7) is 1.89. The number of thiophene rings is 1. The molecule has 0 spiro atoms. The Hall–Kier alpha value is -2.21. The molecule has 2 aromatic rings. The van der Waals surface area contributed by atoms with E-state index in [9.17, 15) is 14.0 Å². The van der Waals surface area contributed by atoms with E-state index in [-0.39, 0.29) is 12.3 Å². The highest BCUT2D eigenvalue weighted by molar-refractivity contribution is 7.13. The third-order valence-electron chi connectivity index (χ3n) is 2.92. The molecule has 0 aliphatic carbocycles. The van der Waals surface area contributed by atoms with E-state index in [1.165, 1.54) is 35.6 Å². The van der Waals surface area contributed by atoms with Crippen LogP contribution in [-0.4, -0.2) is 17.0 Å². The fourth-order valence-corrected chi connectivity index (χ4v) is 2.68. The van der Waals surface area contributed by atoms with Crippen LogP contribution in [0, 0.1) is 12.7 Å². The van der Waals surface area contributed by atoms with Crippen LogP contribution in [0.2, 0.25) is 0 Å². The Morgan fingerprint density at radius 3 is 2.43 bits per heavy atom. The van der Waals surface area contributed by atoms with Crippen LogP contribution in [0.4, 0.5) is 4.39 Å². The predicted octanol–water partition coefficient (Wildman–Crippen LogP) is 3.14. The third kappa shape index (κ3) is 4.13. The summed E-state index contributed by atoms with van der Waals surface area (Å²) >= 11 is 1.33. The molecule has 2 N–H and O–H groups in total. The van der Waals surface area contributed by atoms with E-state index in [1.54, 1.807) is 6.07 Å². The summed E-state index contributed by atoms with van der Waals surface area (Å²) in [5.41, 5.74) is 0.556. The van der Waals surface area contributed by atoms with E-state index in [1.807, 2.05) is 13.0 Å². The standard InChI is InChI=1S/C15H14FNO3S/c1-9-2-7-13(21-9)15(20)17-12(8-14(18)19)10-3-5-11(16)6-4-10/h2-7,12H,8H2,1H3,(H,17,20)(H,18,19)/t12-/m1/s1. The molecule has 1 aromatic carbocycles. The number of aliphatic carboxylic acids is 1. The number of hydrogen-bond acceptors (Lipinski definition) is 3. The van der Waals surface area contributed by atoms with Crippen LogP contribution in [0.5, 0.6) is 0 Å². The molecule has 6 heteroatoms. The fourth-order valence-electron chi connectivity index (χ4n) is 1.91. The summed E-state index contributed by atoms with van der Waals surface area (Å²) in [5.74, 6) is -1.77. The van der Waals surface area contributed by atoms with Gasteiger partial charge >= 0.3 is 5.97 Å². The Bertz CT molecular complexity index is 651. The maximum atomic E-state index is 12.9. The molecule has 0 aliphatic rings. The Labute approximate surface area is 125 Å². The number of hydrogen-bond donors (Lipinski definition) is 2. The van der Waals surface area contributed by atoms with E-state index in [0.29, 0.717) is 10.4 Å². The third-order valence-corrected chi connectivity index (χ3v) is 3.92. The van der Waals surface area contributed by atoms with Crippen molar-refractivity contribution in [3.05, 3.63) is 57.5 Å². The van der Waals surface area contributed by atoms with Crippen molar-refractivity contribution in [3.63, 3.8) is 0 Å². The largest absolute Gasteiger partial charge is 0.481 e. The molecule has 1 atom stereocenters. The minimum atomic E-state index is -1.04. The predicted molar refractivity (Wildman–Crippen MR) is 77.9 cm³/mol. The summed E-state index contributed by atoms with van der Waals surface area (Å²) in [6.07, 6.45) is -0.262. The fraction of sp³-hybridized carbons (Fsp3) is 0.200. The van der Waals surface area contributed by atoms with Crippen LogP contribution < -0.4 is 5.32 Å². The van der Waals surface area contributed by atoms with Crippen molar-refractivity contribution < 1.29 is 19.1 Å². The summed E-state index contributed by atoms with van der Waals surface area (Å²) < 4.78 is 12.9. The second-order valence-corrected chi connectivity index (χ2v) is 5.87. The number of halogens is 1. The SMILES string of the molecule is Cc1ccc(C(=O)N[C@H](CC(=O)O)c2ccc(F)cc2)s1. The number of aryl methyl sites for hydroxylation is 1. The first-order valence-electron chi connectivity index (χ1n) is 6.30. The van der Waals surface area contributed by atoms with Crippen molar-refractivity contribution in [2.24, 2.45) is 0 Å². The molecule has 0 saturated heterocycles. The van der Waals surface area contributed by atoms with Gasteiger partial charge in [0, 0.05) is 4.88 Å². The number of benzene rings is 1. The first-order chi connectivity index (χ1) is 9.95. The number of carboxylic acid groups (broad SMARTS) is 1. The molecule has 1 amide bonds. The minimum absolute atomic E-state index is 0.262. The van der Waals surface area contributed by atoms with Crippen LogP contribution in [0.3, 0.4) is 0 Å². The molecule has 0 bridgehead atoms. The smallest absolute Gasteiger partial charge is 0.305 e. The van der Waals surface area contributed by atoms with Crippen LogP contribution >= 0.6 is 11.3 Å². The Balaban J connectivity index is 2.18. The molecular weight excluding hydrogens is 293 g/mol. The monoisotopic (exact) mass is 307 g/mol. The van der Waals surface area contributed by atoms with Gasteiger partial charge in [-0.2, -0.15) is 0 Å². The molecule has 4 nitrogen and oxygen atoms in total. The maximum Gasteiger partial charge on any atom is 0.305 e. The van der Waals surface area contributed by atoms with Crippen LogP contribution in [0.15, 0.2) is 36.4 Å². The molecule has 0 unspecified atom stereocenters. The quantitative estimate of drug-likeness (QED) is 0.892. The van der Waals surface area contributed by atoms with Gasteiger partial charge in [-0.1, -0.05) is 12.1 Å². The van der Waals surface area contributed by atoms with Gasteiger partial charge in [-0.25, -0.2) is 4.39 Å². The van der Waals surface area contributed by atoms with Crippen LogP contribution in [0.25, 0.3) is 0 Å². The van der Waals surface area contributed by atoms with E-state index in [0.717, 1.165) is 4.88 Å². The molecule has 0 aliphatic heterocycles. The topological polar surface area (TPSA) is 66.4 Å². The van der Waals surface area contributed by atoms with E-state index in [4.69, 9.17) is 5.11 Å². The summed E-state index contributed by atoms with van der Waals surface area (Å²) in [5, 5.41) is 11.6. The first-order valence-corrected chi connectivity index (χ1v) is 7.12. The van der Waals surface area contributed by atoms with Crippen molar-refractivity contribution in [2.75, 3.05) is 0 Å². The van der Waals surface area contributed by atoms with E-state index < -0.39 is 17.8 Å².